The molecule has 1 aromatic carbocycles. The van der Waals surface area contributed by atoms with Crippen molar-refractivity contribution in [1.82, 2.24) is 4.57 Å². The number of esters is 1. The van der Waals surface area contributed by atoms with Gasteiger partial charge in [-0.15, -0.1) is 0 Å². The van der Waals surface area contributed by atoms with Crippen LogP contribution in [0.25, 0.3) is 11.3 Å². The summed E-state index contributed by atoms with van der Waals surface area (Å²) < 4.78 is 18.8. The van der Waals surface area contributed by atoms with Crippen LogP contribution in [0.3, 0.4) is 0 Å². The molecule has 0 bridgehead atoms. The smallest absolute Gasteiger partial charge is 0.343 e. The Morgan fingerprint density at radius 3 is 2.59 bits per heavy atom. The van der Waals surface area contributed by atoms with Gasteiger partial charge < -0.3 is 23.9 Å². The van der Waals surface area contributed by atoms with Crippen LogP contribution in [0, 0.1) is 0 Å². The molecule has 1 aliphatic heterocycles. The van der Waals surface area contributed by atoms with Gasteiger partial charge >= 0.3 is 5.97 Å². The number of pyridine rings is 1. The Balaban J connectivity index is 1.96. The van der Waals surface area contributed by atoms with E-state index >= 15 is 0 Å². The van der Waals surface area contributed by atoms with Gasteiger partial charge in [-0.2, -0.15) is 0 Å². The Bertz CT molecular complexity index is 1030. The van der Waals surface area contributed by atoms with Gasteiger partial charge in [-0.05, 0) is 50.3 Å². The molecule has 34 heavy (non-hydrogen) atoms. The second kappa shape index (κ2) is 12.6. The largest absolute Gasteiger partial charge is 0.493 e. The second-order valence-corrected chi connectivity index (χ2v) is 8.73. The van der Waals surface area contributed by atoms with E-state index in [2.05, 4.69) is 13.0 Å². The molecule has 1 aliphatic rings. The molecule has 1 N–H and O–H groups in total. The lowest BCUT2D eigenvalue weighted by molar-refractivity contribution is 0.0523. The summed E-state index contributed by atoms with van der Waals surface area (Å²) in [5.74, 6) is 0.986. The summed E-state index contributed by atoms with van der Waals surface area (Å²) in [7, 11) is 1.62. The van der Waals surface area contributed by atoms with Gasteiger partial charge in [0.2, 0.25) is 0 Å². The first-order chi connectivity index (χ1) is 16.5. The van der Waals surface area contributed by atoms with E-state index in [1.807, 2.05) is 10.6 Å². The van der Waals surface area contributed by atoms with Crippen molar-refractivity contribution in [3.8, 4) is 22.8 Å². The van der Waals surface area contributed by atoms with E-state index in [1.54, 1.807) is 20.2 Å². The van der Waals surface area contributed by atoms with Gasteiger partial charge in [0.15, 0.2) is 16.9 Å². The van der Waals surface area contributed by atoms with Crippen LogP contribution in [0.4, 0.5) is 0 Å². The average molecular weight is 472 g/mol. The van der Waals surface area contributed by atoms with E-state index in [1.165, 1.54) is 6.07 Å². The number of carbonyl (C=O) groups is 1. The predicted octanol–water partition coefficient (Wildman–Crippen LogP) is 4.92. The molecular formula is C27H37NO6. The van der Waals surface area contributed by atoms with Crippen molar-refractivity contribution in [2.45, 2.75) is 71.3 Å². The third kappa shape index (κ3) is 6.00. The number of carbonyl (C=O) groups excluding carboxylic acids is 1. The molecule has 0 radical (unpaired) electrons. The summed E-state index contributed by atoms with van der Waals surface area (Å²) in [6, 6.07) is 5.54. The number of aromatic nitrogens is 1. The van der Waals surface area contributed by atoms with Gasteiger partial charge in [-0.3, -0.25) is 4.79 Å². The standard InChI is InChI=1S/C27H37NO6/c1-4-6-11-19-17-28-18-22(27(31)33-5-2)24(30)16-23(28)21-15-25(32-3)26(14-20(19)21)34-13-10-8-7-9-12-29/h14-16,18-19,29H,4-13,17H2,1-3H3. The topological polar surface area (TPSA) is 87.0 Å². The van der Waals surface area contributed by atoms with Gasteiger partial charge in [-0.25, -0.2) is 4.79 Å². The quantitative estimate of drug-likeness (QED) is 0.330. The maximum Gasteiger partial charge on any atom is 0.343 e. The fourth-order valence-corrected chi connectivity index (χ4v) is 4.51. The van der Waals surface area contributed by atoms with E-state index in [-0.39, 0.29) is 30.1 Å². The number of hydrogen-bond acceptors (Lipinski definition) is 6. The van der Waals surface area contributed by atoms with E-state index < -0.39 is 5.97 Å². The van der Waals surface area contributed by atoms with Gasteiger partial charge in [0.1, 0.15) is 5.56 Å². The number of aliphatic hydroxyl groups excluding tert-OH is 1. The first-order valence-electron chi connectivity index (χ1n) is 12.4. The van der Waals surface area contributed by atoms with E-state index in [4.69, 9.17) is 19.3 Å². The highest BCUT2D eigenvalue weighted by Crippen LogP contribution is 2.44. The molecular weight excluding hydrogens is 434 g/mol. The van der Waals surface area contributed by atoms with Crippen molar-refractivity contribution < 1.29 is 24.1 Å². The number of benzene rings is 1. The van der Waals surface area contributed by atoms with Gasteiger partial charge in [0.25, 0.3) is 0 Å². The van der Waals surface area contributed by atoms with Crippen molar-refractivity contribution in [2.24, 2.45) is 0 Å². The molecule has 1 aromatic heterocycles. The molecule has 1 atom stereocenters. The lowest BCUT2D eigenvalue weighted by Crippen LogP contribution is -2.25. The molecule has 0 aliphatic carbocycles. The van der Waals surface area contributed by atoms with Crippen LogP contribution in [0.5, 0.6) is 11.5 Å². The molecule has 3 rings (SSSR count). The molecule has 2 heterocycles. The average Bonchev–Trinajstić information content (AvgIpc) is 2.84. The summed E-state index contributed by atoms with van der Waals surface area (Å²) in [5.41, 5.74) is 2.58. The summed E-state index contributed by atoms with van der Waals surface area (Å²) in [5, 5.41) is 8.93. The molecule has 0 fully saturated rings. The monoisotopic (exact) mass is 471 g/mol. The normalized spacial score (nSPS) is 14.3. The van der Waals surface area contributed by atoms with Gasteiger partial charge in [0.05, 0.1) is 26.0 Å². The minimum Gasteiger partial charge on any atom is -0.493 e. The Hall–Kier alpha value is -2.80. The highest BCUT2D eigenvalue weighted by atomic mass is 16.5. The van der Waals surface area contributed by atoms with Crippen LogP contribution < -0.4 is 14.9 Å². The molecule has 7 nitrogen and oxygen atoms in total. The number of nitrogens with zero attached hydrogens (tertiary/aromatic N) is 1. The van der Waals surface area contributed by atoms with Crippen LogP contribution in [-0.4, -0.2) is 42.6 Å². The minimum absolute atomic E-state index is 0.0661. The van der Waals surface area contributed by atoms with Gasteiger partial charge in [-0.1, -0.05) is 26.2 Å². The lowest BCUT2D eigenvalue weighted by Gasteiger charge is -2.31. The second-order valence-electron chi connectivity index (χ2n) is 8.73. The van der Waals surface area contributed by atoms with Crippen molar-refractivity contribution in [1.29, 1.82) is 0 Å². The number of unbranched alkanes of at least 4 members (excludes halogenated alkanes) is 4. The number of hydrogen-bond donors (Lipinski definition) is 1. The molecule has 0 amide bonds. The molecule has 1 unspecified atom stereocenters. The van der Waals surface area contributed by atoms with E-state index in [0.29, 0.717) is 24.7 Å². The third-order valence-electron chi connectivity index (χ3n) is 6.31. The fraction of sp³-hybridized carbons (Fsp3) is 0.556. The summed E-state index contributed by atoms with van der Waals surface area (Å²) >= 11 is 0. The number of aliphatic hydroxyl groups is 1. The van der Waals surface area contributed by atoms with Crippen LogP contribution >= 0.6 is 0 Å². The molecule has 0 saturated carbocycles. The van der Waals surface area contributed by atoms with Crippen molar-refractivity contribution >= 4 is 5.97 Å². The zero-order chi connectivity index (χ0) is 24.5. The molecule has 0 spiro atoms. The zero-order valence-electron chi connectivity index (χ0n) is 20.6. The summed E-state index contributed by atoms with van der Waals surface area (Å²) in [6.45, 7) is 5.62. The molecule has 2 aromatic rings. The third-order valence-corrected chi connectivity index (χ3v) is 6.31. The SMILES string of the molecule is CCCCC1Cn2cc(C(=O)OCC)c(=O)cc2-c2cc(OC)c(OCCCCCCO)cc21. The van der Waals surface area contributed by atoms with E-state index in [9.17, 15) is 9.59 Å². The van der Waals surface area contributed by atoms with Crippen LogP contribution in [0.1, 0.15) is 80.6 Å². The van der Waals surface area contributed by atoms with Crippen LogP contribution in [0.15, 0.2) is 29.2 Å². The molecule has 0 saturated heterocycles. The van der Waals surface area contributed by atoms with Gasteiger partial charge in [0, 0.05) is 36.9 Å². The number of rotatable bonds is 13. The minimum atomic E-state index is -0.584. The Morgan fingerprint density at radius 2 is 1.88 bits per heavy atom. The fourth-order valence-electron chi connectivity index (χ4n) is 4.51. The first-order valence-corrected chi connectivity index (χ1v) is 12.4. The maximum atomic E-state index is 12.8. The van der Waals surface area contributed by atoms with Crippen molar-refractivity contribution in [3.63, 3.8) is 0 Å². The Kier molecular flexibility index (Phi) is 9.57. The highest BCUT2D eigenvalue weighted by Gasteiger charge is 2.28. The number of fused-ring (bicyclic) bond motifs is 3. The number of methoxy groups -OCH3 is 1. The van der Waals surface area contributed by atoms with Crippen molar-refractivity contribution in [2.75, 3.05) is 26.9 Å². The maximum absolute atomic E-state index is 12.8. The van der Waals surface area contributed by atoms with Crippen LogP contribution in [0.2, 0.25) is 0 Å². The van der Waals surface area contributed by atoms with Crippen molar-refractivity contribution in [3.05, 3.63) is 45.7 Å². The predicted molar refractivity (Wildman–Crippen MR) is 132 cm³/mol. The number of ether oxygens (including phenoxy) is 3. The van der Waals surface area contributed by atoms with E-state index in [0.717, 1.165) is 61.8 Å². The molecule has 186 valence electrons. The summed E-state index contributed by atoms with van der Waals surface area (Å²) in [4.78, 5) is 25.1. The zero-order valence-corrected chi connectivity index (χ0v) is 20.6. The first kappa shape index (κ1) is 25.8. The highest BCUT2D eigenvalue weighted by molar-refractivity contribution is 5.89. The molecule has 7 heteroatoms. The Labute approximate surface area is 201 Å². The summed E-state index contributed by atoms with van der Waals surface area (Å²) in [6.07, 6.45) is 8.53. The van der Waals surface area contributed by atoms with Crippen LogP contribution in [-0.2, 0) is 11.3 Å². The Morgan fingerprint density at radius 1 is 1.09 bits per heavy atom. The lowest BCUT2D eigenvalue weighted by atomic mass is 9.85.